The van der Waals surface area contributed by atoms with Crippen molar-refractivity contribution in [3.8, 4) is 0 Å². The zero-order valence-electron chi connectivity index (χ0n) is 9.12. The van der Waals surface area contributed by atoms with Gasteiger partial charge in [0.25, 0.3) is 0 Å². The van der Waals surface area contributed by atoms with Crippen LogP contribution in [0.25, 0.3) is 0 Å². The first-order valence-corrected chi connectivity index (χ1v) is 5.09. The minimum atomic E-state index is -4.00. The molecule has 0 aliphatic rings. The van der Waals surface area contributed by atoms with Gasteiger partial charge in [-0.3, -0.25) is 0 Å². The fourth-order valence-corrected chi connectivity index (χ4v) is 1.50. The first-order chi connectivity index (χ1) is 6.35. The monoisotopic (exact) mass is 211 g/mol. The van der Waals surface area contributed by atoms with Crippen molar-refractivity contribution in [2.24, 2.45) is 5.92 Å². The van der Waals surface area contributed by atoms with Crippen LogP contribution in [0, 0.1) is 5.92 Å². The van der Waals surface area contributed by atoms with Gasteiger partial charge in [-0.2, -0.15) is 13.2 Å². The van der Waals surface area contributed by atoms with Crippen LogP contribution in [-0.2, 0) is 0 Å². The number of hydrogen-bond donors (Lipinski definition) is 1. The van der Waals surface area contributed by atoms with Gasteiger partial charge in [-0.05, 0) is 32.2 Å². The third-order valence-corrected chi connectivity index (χ3v) is 2.18. The lowest BCUT2D eigenvalue weighted by molar-refractivity contribution is -0.135. The molecule has 1 unspecified atom stereocenters. The largest absolute Gasteiger partial charge is 0.389 e. The molecule has 0 heterocycles. The number of nitrogens with one attached hydrogen (secondary N) is 1. The van der Waals surface area contributed by atoms with E-state index in [0.29, 0.717) is 12.3 Å². The Balaban J connectivity index is 3.63. The predicted molar refractivity (Wildman–Crippen MR) is 52.2 cm³/mol. The van der Waals surface area contributed by atoms with Gasteiger partial charge >= 0.3 is 6.18 Å². The van der Waals surface area contributed by atoms with Crippen molar-refractivity contribution in [3.63, 3.8) is 0 Å². The molecule has 0 bridgehead atoms. The molecule has 0 saturated heterocycles. The fourth-order valence-electron chi connectivity index (χ4n) is 1.50. The molecule has 4 heteroatoms. The summed E-state index contributed by atoms with van der Waals surface area (Å²) in [4.78, 5) is 0. The number of alkyl halides is 3. The van der Waals surface area contributed by atoms with Gasteiger partial charge in [0, 0.05) is 12.5 Å². The van der Waals surface area contributed by atoms with E-state index in [1.807, 2.05) is 0 Å². The molecule has 86 valence electrons. The van der Waals surface area contributed by atoms with E-state index in [1.54, 1.807) is 7.05 Å². The molecule has 0 spiro atoms. The molecule has 0 aromatic heterocycles. The number of rotatable bonds is 6. The average molecular weight is 211 g/mol. The van der Waals surface area contributed by atoms with Crippen LogP contribution in [0.1, 0.15) is 39.5 Å². The quantitative estimate of drug-likeness (QED) is 0.710. The van der Waals surface area contributed by atoms with Crippen LogP contribution in [-0.4, -0.2) is 19.3 Å². The van der Waals surface area contributed by atoms with E-state index in [4.69, 9.17) is 0 Å². The van der Waals surface area contributed by atoms with Crippen molar-refractivity contribution in [1.29, 1.82) is 0 Å². The van der Waals surface area contributed by atoms with E-state index in [0.717, 1.165) is 6.42 Å². The van der Waals surface area contributed by atoms with Gasteiger partial charge in [0.1, 0.15) is 0 Å². The standard InChI is InChI=1S/C10H20F3N/c1-8(2)7-9(14-3)5-4-6-10(11,12)13/h8-9,14H,4-7H2,1-3H3. The molecule has 0 amide bonds. The second-order valence-corrected chi connectivity index (χ2v) is 4.12. The summed E-state index contributed by atoms with van der Waals surface area (Å²) in [7, 11) is 1.81. The maximum absolute atomic E-state index is 11.9. The lowest BCUT2D eigenvalue weighted by atomic mass is 9.99. The highest BCUT2D eigenvalue weighted by Crippen LogP contribution is 2.23. The average Bonchev–Trinajstić information content (AvgIpc) is 1.99. The van der Waals surface area contributed by atoms with E-state index in [1.165, 1.54) is 0 Å². The van der Waals surface area contributed by atoms with Crippen molar-refractivity contribution in [3.05, 3.63) is 0 Å². The summed E-state index contributed by atoms with van der Waals surface area (Å²) in [6, 6.07) is 0.220. The lowest BCUT2D eigenvalue weighted by Gasteiger charge is -2.18. The molecule has 0 aliphatic carbocycles. The first-order valence-electron chi connectivity index (χ1n) is 5.09. The fraction of sp³-hybridized carbons (Fsp3) is 1.00. The summed E-state index contributed by atoms with van der Waals surface area (Å²) in [6.07, 6.45) is -2.90. The van der Waals surface area contributed by atoms with E-state index in [9.17, 15) is 13.2 Å². The molecular weight excluding hydrogens is 191 g/mol. The Bertz CT molecular complexity index is 143. The predicted octanol–water partition coefficient (Wildman–Crippen LogP) is 3.35. The van der Waals surface area contributed by atoms with Crippen molar-refractivity contribution in [2.75, 3.05) is 7.05 Å². The molecule has 1 N–H and O–H groups in total. The van der Waals surface area contributed by atoms with E-state index >= 15 is 0 Å². The van der Waals surface area contributed by atoms with E-state index in [2.05, 4.69) is 19.2 Å². The molecule has 0 saturated carbocycles. The molecule has 0 aliphatic heterocycles. The van der Waals surface area contributed by atoms with E-state index in [-0.39, 0.29) is 12.5 Å². The SMILES string of the molecule is CNC(CCCC(F)(F)F)CC(C)C. The Morgan fingerprint density at radius 1 is 1.21 bits per heavy atom. The Kier molecular flexibility index (Phi) is 6.16. The van der Waals surface area contributed by atoms with Crippen molar-refractivity contribution >= 4 is 0 Å². The molecule has 0 radical (unpaired) electrons. The van der Waals surface area contributed by atoms with Crippen LogP contribution in [0.15, 0.2) is 0 Å². The maximum atomic E-state index is 11.9. The number of halogens is 3. The summed E-state index contributed by atoms with van der Waals surface area (Å²) in [5, 5.41) is 3.05. The van der Waals surface area contributed by atoms with Crippen LogP contribution in [0.5, 0.6) is 0 Å². The summed E-state index contributed by atoms with van der Waals surface area (Å²) >= 11 is 0. The van der Waals surface area contributed by atoms with Gasteiger partial charge in [-0.1, -0.05) is 13.8 Å². The van der Waals surface area contributed by atoms with Gasteiger partial charge in [-0.25, -0.2) is 0 Å². The maximum Gasteiger partial charge on any atom is 0.389 e. The topological polar surface area (TPSA) is 12.0 Å². The van der Waals surface area contributed by atoms with Gasteiger partial charge in [0.2, 0.25) is 0 Å². The molecule has 1 atom stereocenters. The Labute approximate surface area is 84.1 Å². The van der Waals surface area contributed by atoms with Gasteiger partial charge in [0.05, 0.1) is 0 Å². The van der Waals surface area contributed by atoms with Crippen LogP contribution in [0.2, 0.25) is 0 Å². The van der Waals surface area contributed by atoms with Gasteiger partial charge in [0.15, 0.2) is 0 Å². The highest BCUT2D eigenvalue weighted by molar-refractivity contribution is 4.67. The minimum Gasteiger partial charge on any atom is -0.317 e. The second-order valence-electron chi connectivity index (χ2n) is 4.12. The smallest absolute Gasteiger partial charge is 0.317 e. The Hall–Kier alpha value is -0.250. The molecule has 0 fully saturated rings. The highest BCUT2D eigenvalue weighted by Gasteiger charge is 2.26. The molecule has 0 rings (SSSR count). The molecule has 0 aromatic carbocycles. The Morgan fingerprint density at radius 3 is 2.14 bits per heavy atom. The highest BCUT2D eigenvalue weighted by atomic mass is 19.4. The molecule has 1 nitrogen and oxygen atoms in total. The third-order valence-electron chi connectivity index (χ3n) is 2.18. The number of hydrogen-bond acceptors (Lipinski definition) is 1. The summed E-state index contributed by atoms with van der Waals surface area (Å²) < 4.78 is 35.6. The molecule has 14 heavy (non-hydrogen) atoms. The van der Waals surface area contributed by atoms with Crippen molar-refractivity contribution in [2.45, 2.75) is 51.7 Å². The van der Waals surface area contributed by atoms with Crippen LogP contribution < -0.4 is 5.32 Å². The molecular formula is C10H20F3N. The normalized spacial score (nSPS) is 14.8. The van der Waals surface area contributed by atoms with Crippen LogP contribution in [0.4, 0.5) is 13.2 Å². The summed E-state index contributed by atoms with van der Waals surface area (Å²) in [5.41, 5.74) is 0. The minimum absolute atomic E-state index is 0.220. The summed E-state index contributed by atoms with van der Waals surface area (Å²) in [5.74, 6) is 0.526. The Morgan fingerprint density at radius 2 is 1.79 bits per heavy atom. The van der Waals surface area contributed by atoms with Crippen molar-refractivity contribution < 1.29 is 13.2 Å². The third kappa shape index (κ3) is 8.35. The van der Waals surface area contributed by atoms with Crippen LogP contribution in [0.3, 0.4) is 0 Å². The second kappa shape index (κ2) is 6.27. The van der Waals surface area contributed by atoms with Gasteiger partial charge < -0.3 is 5.32 Å². The van der Waals surface area contributed by atoms with Crippen molar-refractivity contribution in [1.82, 2.24) is 5.32 Å². The lowest BCUT2D eigenvalue weighted by Crippen LogP contribution is -2.27. The zero-order chi connectivity index (χ0) is 11.2. The van der Waals surface area contributed by atoms with Crippen LogP contribution >= 0.6 is 0 Å². The zero-order valence-corrected chi connectivity index (χ0v) is 9.12. The molecule has 0 aromatic rings. The first kappa shape index (κ1) is 13.8. The summed E-state index contributed by atoms with van der Waals surface area (Å²) in [6.45, 7) is 4.15. The van der Waals surface area contributed by atoms with E-state index < -0.39 is 12.6 Å². The van der Waals surface area contributed by atoms with Gasteiger partial charge in [-0.15, -0.1) is 0 Å².